The van der Waals surface area contributed by atoms with Crippen LogP contribution in [0.2, 0.25) is 0 Å². The third kappa shape index (κ3) is 22.4. The molecule has 212 valence electrons. The Bertz CT molecular complexity index is 516. The van der Waals surface area contributed by atoms with Gasteiger partial charge in [0.2, 0.25) is 11.8 Å². The summed E-state index contributed by atoms with van der Waals surface area (Å²) in [5.74, 6) is 2.33. The smallest absolute Gasteiger partial charge is 0.229 e. The van der Waals surface area contributed by atoms with Gasteiger partial charge in [0.15, 0.2) is 0 Å². The van der Waals surface area contributed by atoms with E-state index in [1.54, 1.807) is 0 Å². The maximum Gasteiger partial charge on any atom is 0.229 e. The number of nitrogens with zero attached hydrogens (tertiary/aromatic N) is 1. The molecule has 1 fully saturated rings. The van der Waals surface area contributed by atoms with Gasteiger partial charge in [-0.1, -0.05) is 90.4 Å². The molecule has 0 aromatic carbocycles. The maximum absolute atomic E-state index is 11.9. The average molecular weight is 528 g/mol. The number of amides is 2. The second-order valence-corrected chi connectivity index (χ2v) is 11.5. The molecule has 6 nitrogen and oxygen atoms in total. The fraction of sp³-hybridized carbons (Fsp3) is 0.931. The molecule has 0 atom stereocenters. The highest BCUT2D eigenvalue weighted by molar-refractivity contribution is 7.99. The van der Waals surface area contributed by atoms with Crippen LogP contribution in [0.3, 0.4) is 0 Å². The fourth-order valence-corrected chi connectivity index (χ4v) is 5.53. The summed E-state index contributed by atoms with van der Waals surface area (Å²) >= 11 is 2.15. The molecule has 0 aromatic rings. The molecule has 0 aliphatic carbocycles. The van der Waals surface area contributed by atoms with E-state index in [0.717, 1.165) is 45.7 Å². The summed E-state index contributed by atoms with van der Waals surface area (Å²) in [6.45, 7) is 7.70. The Morgan fingerprint density at radius 2 is 1.14 bits per heavy atom. The number of unbranched alkanes of at least 4 members (excludes halogenated alkanes) is 14. The van der Waals surface area contributed by atoms with Crippen LogP contribution in [0.15, 0.2) is 0 Å². The first-order chi connectivity index (χ1) is 17.7. The zero-order chi connectivity index (χ0) is 25.9. The molecule has 1 saturated heterocycles. The van der Waals surface area contributed by atoms with Crippen LogP contribution in [0.25, 0.3) is 0 Å². The average Bonchev–Trinajstić information content (AvgIpc) is 2.88. The minimum atomic E-state index is -0.188. The van der Waals surface area contributed by atoms with Gasteiger partial charge in [0.1, 0.15) is 6.42 Å². The van der Waals surface area contributed by atoms with E-state index in [4.69, 9.17) is 4.74 Å². The molecule has 0 radical (unpaired) electrons. The highest BCUT2D eigenvalue weighted by Crippen LogP contribution is 2.14. The molecular weight excluding hydrogens is 470 g/mol. The van der Waals surface area contributed by atoms with Crippen LogP contribution in [0.5, 0.6) is 0 Å². The summed E-state index contributed by atoms with van der Waals surface area (Å²) in [7, 11) is 0. The van der Waals surface area contributed by atoms with E-state index in [1.165, 1.54) is 101 Å². The van der Waals surface area contributed by atoms with Crippen molar-refractivity contribution in [3.05, 3.63) is 0 Å². The van der Waals surface area contributed by atoms with Gasteiger partial charge in [-0.3, -0.25) is 14.5 Å². The van der Waals surface area contributed by atoms with Crippen LogP contribution in [0.1, 0.15) is 116 Å². The molecule has 1 heterocycles. The molecule has 1 aliphatic heterocycles. The van der Waals surface area contributed by atoms with Gasteiger partial charge in [-0.25, -0.2) is 0 Å². The Balaban J connectivity index is 1.73. The number of rotatable bonds is 25. The fourth-order valence-electron chi connectivity index (χ4n) is 4.51. The van der Waals surface area contributed by atoms with Gasteiger partial charge >= 0.3 is 0 Å². The van der Waals surface area contributed by atoms with E-state index >= 15 is 0 Å². The third-order valence-electron chi connectivity index (χ3n) is 6.85. The van der Waals surface area contributed by atoms with Crippen LogP contribution < -0.4 is 10.6 Å². The summed E-state index contributed by atoms with van der Waals surface area (Å²) in [5, 5.41) is 5.72. The molecule has 0 aromatic heterocycles. The Hall–Kier alpha value is -0.790. The summed E-state index contributed by atoms with van der Waals surface area (Å²) in [5.41, 5.74) is 0. The quantitative estimate of drug-likeness (QED) is 0.114. The Labute approximate surface area is 226 Å². The normalized spacial score (nSPS) is 14.1. The largest absolute Gasteiger partial charge is 0.379 e. The van der Waals surface area contributed by atoms with Gasteiger partial charge in [-0.05, 0) is 30.8 Å². The van der Waals surface area contributed by atoms with Crippen LogP contribution in [-0.4, -0.2) is 74.2 Å². The molecule has 2 amide bonds. The lowest BCUT2D eigenvalue weighted by atomic mass is 10.1. The van der Waals surface area contributed by atoms with Crippen molar-refractivity contribution in [1.29, 1.82) is 0 Å². The Morgan fingerprint density at radius 1 is 0.667 bits per heavy atom. The van der Waals surface area contributed by atoms with Crippen molar-refractivity contribution >= 4 is 23.6 Å². The summed E-state index contributed by atoms with van der Waals surface area (Å²) < 4.78 is 5.31. The van der Waals surface area contributed by atoms with Crippen molar-refractivity contribution in [3.63, 3.8) is 0 Å². The predicted molar refractivity (Wildman–Crippen MR) is 155 cm³/mol. The van der Waals surface area contributed by atoms with E-state index < -0.39 is 0 Å². The standard InChI is InChI=1S/C29H57N3O3S/c1-2-3-4-5-6-10-13-16-25-36-26-17-14-11-8-7-9-12-15-18-30-28(33)27-29(34)31-19-20-32-21-23-35-24-22-32/h2-27H2,1H3,(H,30,33)(H,31,34). The Morgan fingerprint density at radius 3 is 1.69 bits per heavy atom. The molecule has 2 N–H and O–H groups in total. The van der Waals surface area contributed by atoms with Crippen LogP contribution in [0.4, 0.5) is 0 Å². The van der Waals surface area contributed by atoms with E-state index in [0.29, 0.717) is 13.1 Å². The molecule has 1 aliphatic rings. The van der Waals surface area contributed by atoms with E-state index in [1.807, 2.05) is 0 Å². The predicted octanol–water partition coefficient (Wildman–Crippen LogP) is 5.94. The van der Waals surface area contributed by atoms with Gasteiger partial charge in [0.05, 0.1) is 13.2 Å². The van der Waals surface area contributed by atoms with E-state index in [2.05, 4.69) is 34.2 Å². The van der Waals surface area contributed by atoms with Crippen molar-refractivity contribution < 1.29 is 14.3 Å². The first kappa shape index (κ1) is 33.2. The lowest BCUT2D eigenvalue weighted by Crippen LogP contribution is -2.42. The monoisotopic (exact) mass is 527 g/mol. The molecule has 1 rings (SSSR count). The molecule has 0 spiro atoms. The lowest BCUT2D eigenvalue weighted by molar-refractivity contribution is -0.129. The SMILES string of the molecule is CCCCCCCCCCSCCCCCCCCCCNC(=O)CC(=O)NCCN1CCOCC1. The van der Waals surface area contributed by atoms with Crippen molar-refractivity contribution in [1.82, 2.24) is 15.5 Å². The van der Waals surface area contributed by atoms with Crippen LogP contribution in [0, 0.1) is 0 Å². The highest BCUT2D eigenvalue weighted by atomic mass is 32.2. The molecule has 36 heavy (non-hydrogen) atoms. The number of morpholine rings is 1. The number of nitrogens with one attached hydrogen (secondary N) is 2. The summed E-state index contributed by atoms with van der Waals surface area (Å²) in [4.78, 5) is 26.1. The molecule has 0 unspecified atom stereocenters. The maximum atomic E-state index is 11.9. The van der Waals surface area contributed by atoms with Gasteiger partial charge in [0, 0.05) is 32.7 Å². The number of carbonyl (C=O) groups excluding carboxylic acids is 2. The van der Waals surface area contributed by atoms with Gasteiger partial charge in [-0.2, -0.15) is 11.8 Å². The van der Waals surface area contributed by atoms with E-state index in [-0.39, 0.29) is 18.2 Å². The molecule has 7 heteroatoms. The van der Waals surface area contributed by atoms with Crippen molar-refractivity contribution in [2.45, 2.75) is 116 Å². The number of hydrogen-bond acceptors (Lipinski definition) is 5. The third-order valence-corrected chi connectivity index (χ3v) is 8.01. The van der Waals surface area contributed by atoms with Crippen LogP contribution >= 0.6 is 11.8 Å². The van der Waals surface area contributed by atoms with Gasteiger partial charge < -0.3 is 15.4 Å². The van der Waals surface area contributed by atoms with Gasteiger partial charge in [0.25, 0.3) is 0 Å². The second kappa shape index (κ2) is 25.8. The lowest BCUT2D eigenvalue weighted by Gasteiger charge is -2.26. The second-order valence-electron chi connectivity index (χ2n) is 10.2. The summed E-state index contributed by atoms with van der Waals surface area (Å²) in [6, 6.07) is 0. The van der Waals surface area contributed by atoms with Gasteiger partial charge in [-0.15, -0.1) is 0 Å². The minimum Gasteiger partial charge on any atom is -0.379 e. The molecule has 0 bridgehead atoms. The molecule has 0 saturated carbocycles. The topological polar surface area (TPSA) is 70.7 Å². The zero-order valence-corrected chi connectivity index (χ0v) is 24.3. The van der Waals surface area contributed by atoms with Crippen molar-refractivity contribution in [3.8, 4) is 0 Å². The number of thioether (sulfide) groups is 1. The first-order valence-electron chi connectivity index (χ1n) is 15.1. The Kier molecular flexibility index (Phi) is 23.9. The summed E-state index contributed by atoms with van der Waals surface area (Å²) in [6.07, 6.45) is 21.4. The molecular formula is C29H57N3O3S. The van der Waals surface area contributed by atoms with Crippen molar-refractivity contribution in [2.24, 2.45) is 0 Å². The van der Waals surface area contributed by atoms with Crippen LogP contribution in [-0.2, 0) is 14.3 Å². The minimum absolute atomic E-state index is 0.0689. The van der Waals surface area contributed by atoms with E-state index in [9.17, 15) is 9.59 Å². The number of ether oxygens (including phenoxy) is 1. The number of carbonyl (C=O) groups is 2. The van der Waals surface area contributed by atoms with Crippen molar-refractivity contribution in [2.75, 3.05) is 57.4 Å². The highest BCUT2D eigenvalue weighted by Gasteiger charge is 2.12. The first-order valence-corrected chi connectivity index (χ1v) is 16.3. The zero-order valence-electron chi connectivity index (χ0n) is 23.5. The number of hydrogen-bond donors (Lipinski definition) is 2.